The number of aromatic nitrogens is 1. The van der Waals surface area contributed by atoms with Crippen LogP contribution >= 0.6 is 0 Å². The maximum absolute atomic E-state index is 12.4. The van der Waals surface area contributed by atoms with E-state index in [9.17, 15) is 9.59 Å². The van der Waals surface area contributed by atoms with Crippen molar-refractivity contribution in [1.82, 2.24) is 4.98 Å². The fourth-order valence-electron chi connectivity index (χ4n) is 2.57. The molecule has 0 saturated carbocycles. The molecule has 0 aliphatic carbocycles. The molecule has 0 spiro atoms. The zero-order valence-electron chi connectivity index (χ0n) is 13.9. The lowest BCUT2D eigenvalue weighted by Crippen LogP contribution is -2.30. The number of esters is 1. The highest BCUT2D eigenvalue weighted by Gasteiger charge is 2.22. The van der Waals surface area contributed by atoms with Gasteiger partial charge in [-0.3, -0.25) is 4.79 Å². The summed E-state index contributed by atoms with van der Waals surface area (Å²) in [6, 6.07) is 16.6. The molecule has 2 aromatic carbocycles. The van der Waals surface area contributed by atoms with Crippen LogP contribution in [0.5, 0.6) is 5.75 Å². The molecule has 0 radical (unpaired) electrons. The van der Waals surface area contributed by atoms with Crippen LogP contribution in [0.15, 0.2) is 60.8 Å². The van der Waals surface area contributed by atoms with Crippen molar-refractivity contribution < 1.29 is 19.1 Å². The molecule has 128 valence electrons. The Balaban J connectivity index is 1.61. The number of Topliss-reactive ketones (excluding diaryl/α,β-unsaturated/α-hetero) is 1. The van der Waals surface area contributed by atoms with E-state index in [-0.39, 0.29) is 12.4 Å². The van der Waals surface area contributed by atoms with Crippen LogP contribution in [-0.4, -0.2) is 29.4 Å². The van der Waals surface area contributed by atoms with E-state index in [1.165, 1.54) is 0 Å². The first-order chi connectivity index (χ1) is 12.2. The van der Waals surface area contributed by atoms with E-state index in [2.05, 4.69) is 4.98 Å². The Morgan fingerprint density at radius 3 is 2.52 bits per heavy atom. The summed E-state index contributed by atoms with van der Waals surface area (Å²) >= 11 is 0. The number of para-hydroxylation sites is 2. The molecule has 5 nitrogen and oxygen atoms in total. The molecular formula is C20H19NO4. The maximum Gasteiger partial charge on any atom is 0.347 e. The Labute approximate surface area is 145 Å². The van der Waals surface area contributed by atoms with Crippen molar-refractivity contribution in [3.63, 3.8) is 0 Å². The fourth-order valence-corrected chi connectivity index (χ4v) is 2.57. The van der Waals surface area contributed by atoms with Gasteiger partial charge >= 0.3 is 5.97 Å². The molecule has 0 unspecified atom stereocenters. The minimum absolute atomic E-state index is 0.250. The lowest BCUT2D eigenvalue weighted by atomic mass is 10.1. The lowest BCUT2D eigenvalue weighted by molar-refractivity contribution is -0.150. The van der Waals surface area contributed by atoms with Gasteiger partial charge in [-0.25, -0.2) is 4.79 Å². The summed E-state index contributed by atoms with van der Waals surface area (Å²) in [5.74, 6) is -0.200. The van der Waals surface area contributed by atoms with Crippen molar-refractivity contribution in [2.75, 3.05) is 6.61 Å². The van der Waals surface area contributed by atoms with Crippen molar-refractivity contribution in [3.05, 3.63) is 66.4 Å². The first-order valence-electron chi connectivity index (χ1n) is 8.16. The van der Waals surface area contributed by atoms with Gasteiger partial charge in [-0.05, 0) is 24.6 Å². The van der Waals surface area contributed by atoms with E-state index in [4.69, 9.17) is 9.47 Å². The number of carbonyl (C=O) groups is 2. The number of aromatic amines is 1. The molecule has 1 aromatic heterocycles. The highest BCUT2D eigenvalue weighted by atomic mass is 16.6. The largest absolute Gasteiger partial charge is 0.479 e. The summed E-state index contributed by atoms with van der Waals surface area (Å²) in [6.45, 7) is 1.52. The Morgan fingerprint density at radius 2 is 1.76 bits per heavy atom. The number of rotatable bonds is 7. The smallest absolute Gasteiger partial charge is 0.347 e. The number of hydrogen-bond acceptors (Lipinski definition) is 4. The monoisotopic (exact) mass is 337 g/mol. The highest BCUT2D eigenvalue weighted by molar-refractivity contribution is 6.08. The second-order valence-corrected chi connectivity index (χ2v) is 5.61. The lowest BCUT2D eigenvalue weighted by Gasteiger charge is -2.16. The molecule has 0 amide bonds. The predicted molar refractivity (Wildman–Crippen MR) is 94.7 cm³/mol. The molecule has 0 aliphatic rings. The van der Waals surface area contributed by atoms with Crippen LogP contribution < -0.4 is 4.74 Å². The summed E-state index contributed by atoms with van der Waals surface area (Å²) in [5.41, 5.74) is 1.39. The van der Waals surface area contributed by atoms with Crippen LogP contribution in [0.1, 0.15) is 23.7 Å². The summed E-state index contributed by atoms with van der Waals surface area (Å²) < 4.78 is 10.8. The van der Waals surface area contributed by atoms with Gasteiger partial charge in [0.15, 0.2) is 12.7 Å². The number of carbonyl (C=O) groups excluding carboxylic acids is 2. The van der Waals surface area contributed by atoms with E-state index in [0.29, 0.717) is 17.7 Å². The number of benzene rings is 2. The predicted octanol–water partition coefficient (Wildman–Crippen LogP) is 3.75. The average molecular weight is 337 g/mol. The molecule has 0 bridgehead atoms. The second kappa shape index (κ2) is 7.66. The fraction of sp³-hybridized carbons (Fsp3) is 0.200. The van der Waals surface area contributed by atoms with E-state index in [0.717, 1.165) is 10.9 Å². The molecule has 3 rings (SSSR count). The Hall–Kier alpha value is -3.08. The molecule has 0 saturated heterocycles. The number of nitrogens with one attached hydrogen (secondary N) is 1. The van der Waals surface area contributed by atoms with Crippen LogP contribution in [0.3, 0.4) is 0 Å². The average Bonchev–Trinajstić information content (AvgIpc) is 3.09. The minimum Gasteiger partial charge on any atom is -0.479 e. The van der Waals surface area contributed by atoms with Gasteiger partial charge in [0, 0.05) is 22.7 Å². The van der Waals surface area contributed by atoms with E-state index < -0.39 is 12.1 Å². The van der Waals surface area contributed by atoms with Gasteiger partial charge < -0.3 is 14.5 Å². The molecule has 1 heterocycles. The van der Waals surface area contributed by atoms with Crippen molar-refractivity contribution in [1.29, 1.82) is 0 Å². The van der Waals surface area contributed by atoms with E-state index >= 15 is 0 Å². The van der Waals surface area contributed by atoms with Crippen molar-refractivity contribution >= 4 is 22.7 Å². The number of H-pyrrole nitrogens is 1. The molecule has 3 aromatic rings. The first kappa shape index (κ1) is 16.8. The quantitative estimate of drug-likeness (QED) is 0.526. The topological polar surface area (TPSA) is 68.4 Å². The molecule has 0 aliphatic heterocycles. The first-order valence-corrected chi connectivity index (χ1v) is 8.16. The zero-order valence-corrected chi connectivity index (χ0v) is 13.9. The third-order valence-electron chi connectivity index (χ3n) is 3.89. The number of ketones is 1. The Bertz CT molecular complexity index is 870. The third-order valence-corrected chi connectivity index (χ3v) is 3.89. The molecule has 0 fully saturated rings. The maximum atomic E-state index is 12.4. The molecule has 1 atom stereocenters. The third kappa shape index (κ3) is 3.88. The molecule has 5 heteroatoms. The van der Waals surface area contributed by atoms with E-state index in [1.54, 1.807) is 18.3 Å². The van der Waals surface area contributed by atoms with Crippen molar-refractivity contribution in [3.8, 4) is 5.75 Å². The molecule has 25 heavy (non-hydrogen) atoms. The standard InChI is InChI=1S/C20H19NO4/c1-2-19(25-14-8-4-3-5-9-14)20(23)24-13-18(22)16-12-21-17-11-7-6-10-15(16)17/h3-12,19,21H,2,13H2,1H3/t19-/m0/s1. The van der Waals surface area contributed by atoms with Gasteiger partial charge in [0.2, 0.25) is 5.78 Å². The summed E-state index contributed by atoms with van der Waals surface area (Å²) in [6.07, 6.45) is 1.35. The summed E-state index contributed by atoms with van der Waals surface area (Å²) in [5, 5.41) is 0.816. The number of fused-ring (bicyclic) bond motifs is 1. The number of hydrogen-bond donors (Lipinski definition) is 1. The van der Waals surface area contributed by atoms with Crippen molar-refractivity contribution in [2.24, 2.45) is 0 Å². The van der Waals surface area contributed by atoms with Crippen molar-refractivity contribution in [2.45, 2.75) is 19.4 Å². The Kier molecular flexibility index (Phi) is 5.14. The van der Waals surface area contributed by atoms with Gasteiger partial charge in [0.05, 0.1) is 0 Å². The highest BCUT2D eigenvalue weighted by Crippen LogP contribution is 2.18. The summed E-state index contributed by atoms with van der Waals surface area (Å²) in [4.78, 5) is 27.6. The van der Waals surface area contributed by atoms with Gasteiger partial charge in [-0.1, -0.05) is 43.3 Å². The Morgan fingerprint density at radius 1 is 1.04 bits per heavy atom. The van der Waals surface area contributed by atoms with Crippen LogP contribution in [0.4, 0.5) is 0 Å². The zero-order chi connectivity index (χ0) is 17.6. The SMILES string of the molecule is CC[C@H](Oc1ccccc1)C(=O)OCC(=O)c1c[nH]c2ccccc12. The second-order valence-electron chi connectivity index (χ2n) is 5.61. The van der Waals surface area contributed by atoms with Crippen LogP contribution in [0, 0.1) is 0 Å². The van der Waals surface area contributed by atoms with Gasteiger partial charge in [0.1, 0.15) is 5.75 Å². The van der Waals surface area contributed by atoms with Gasteiger partial charge in [-0.15, -0.1) is 0 Å². The normalized spacial score (nSPS) is 11.9. The molecular weight excluding hydrogens is 318 g/mol. The summed E-state index contributed by atoms with van der Waals surface area (Å²) in [7, 11) is 0. The molecule has 1 N–H and O–H groups in total. The van der Waals surface area contributed by atoms with Gasteiger partial charge in [0.25, 0.3) is 0 Å². The van der Waals surface area contributed by atoms with Crippen LogP contribution in [0.25, 0.3) is 10.9 Å². The minimum atomic E-state index is -0.738. The van der Waals surface area contributed by atoms with E-state index in [1.807, 2.05) is 49.4 Å². The van der Waals surface area contributed by atoms with Gasteiger partial charge in [-0.2, -0.15) is 0 Å². The van der Waals surface area contributed by atoms with Crippen LogP contribution in [0.2, 0.25) is 0 Å². The van der Waals surface area contributed by atoms with Crippen LogP contribution in [-0.2, 0) is 9.53 Å². The number of ether oxygens (including phenoxy) is 2.